The summed E-state index contributed by atoms with van der Waals surface area (Å²) in [6.07, 6.45) is -0.506. The molecule has 1 saturated heterocycles. The highest BCUT2D eigenvalue weighted by atomic mass is 35.5. The number of urea groups is 2. The number of halogens is 1. The molecule has 1 aromatic rings. The van der Waals surface area contributed by atoms with Gasteiger partial charge in [0, 0.05) is 12.1 Å². The average molecular weight is 269 g/mol. The number of nitrogens with zero attached hydrogens (tertiary/aromatic N) is 2. The van der Waals surface area contributed by atoms with E-state index in [0.717, 1.165) is 4.90 Å². The number of rotatable bonds is 2. The summed E-state index contributed by atoms with van der Waals surface area (Å²) in [7, 11) is 3.26. The van der Waals surface area contributed by atoms with Crippen molar-refractivity contribution in [3.63, 3.8) is 0 Å². The van der Waals surface area contributed by atoms with Gasteiger partial charge < -0.3 is 5.32 Å². The first-order valence-electron chi connectivity index (χ1n) is 5.35. The monoisotopic (exact) mass is 268 g/mol. The summed E-state index contributed by atoms with van der Waals surface area (Å²) in [5.74, 6) is 0. The highest BCUT2D eigenvalue weighted by Crippen LogP contribution is 2.21. The van der Waals surface area contributed by atoms with Crippen LogP contribution in [0.15, 0.2) is 24.3 Å². The van der Waals surface area contributed by atoms with Gasteiger partial charge in [-0.15, -0.1) is 0 Å². The van der Waals surface area contributed by atoms with Crippen LogP contribution in [0.25, 0.3) is 0 Å². The molecule has 0 aromatic heterocycles. The lowest BCUT2D eigenvalue weighted by Crippen LogP contribution is -2.67. The summed E-state index contributed by atoms with van der Waals surface area (Å²) in [4.78, 5) is 26.5. The Bertz CT molecular complexity index is 476. The molecule has 1 aromatic carbocycles. The van der Waals surface area contributed by atoms with Crippen LogP contribution in [0.1, 0.15) is 0 Å². The molecular formula is C11H13ClN4O2. The summed E-state index contributed by atoms with van der Waals surface area (Å²) < 4.78 is 0. The number of amides is 4. The van der Waals surface area contributed by atoms with Gasteiger partial charge in [-0.25, -0.2) is 14.5 Å². The molecule has 1 heterocycles. The third kappa shape index (κ3) is 2.12. The molecule has 0 bridgehead atoms. The van der Waals surface area contributed by atoms with Crippen LogP contribution < -0.4 is 15.5 Å². The Morgan fingerprint density at radius 1 is 1.28 bits per heavy atom. The minimum Gasteiger partial charge on any atom is -0.304 e. The first kappa shape index (κ1) is 12.7. The molecule has 0 aliphatic carbocycles. The zero-order valence-electron chi connectivity index (χ0n) is 9.98. The number of benzene rings is 1. The van der Waals surface area contributed by atoms with Crippen LogP contribution >= 0.6 is 11.6 Å². The molecule has 18 heavy (non-hydrogen) atoms. The molecule has 6 nitrogen and oxygen atoms in total. The summed E-state index contributed by atoms with van der Waals surface area (Å²) in [5.41, 5.74) is 0.475. The summed E-state index contributed by atoms with van der Waals surface area (Å²) >= 11 is 5.77. The fourth-order valence-corrected chi connectivity index (χ4v) is 1.84. The molecular weight excluding hydrogens is 256 g/mol. The van der Waals surface area contributed by atoms with E-state index in [-0.39, 0.29) is 0 Å². The van der Waals surface area contributed by atoms with Crippen LogP contribution in [0.5, 0.6) is 0 Å². The minimum atomic E-state index is -0.506. The normalized spacial score (nSPS) is 20.1. The Kier molecular flexibility index (Phi) is 3.40. The van der Waals surface area contributed by atoms with Crippen molar-refractivity contribution in [2.75, 3.05) is 19.0 Å². The van der Waals surface area contributed by atoms with Gasteiger partial charge in [0.15, 0.2) is 6.29 Å². The lowest BCUT2D eigenvalue weighted by molar-refractivity contribution is 0.158. The summed E-state index contributed by atoms with van der Waals surface area (Å²) in [6, 6.07) is 5.62. The van der Waals surface area contributed by atoms with E-state index >= 15 is 0 Å². The Morgan fingerprint density at radius 2 is 1.89 bits per heavy atom. The third-order valence-electron chi connectivity index (χ3n) is 2.70. The number of imide groups is 1. The van der Waals surface area contributed by atoms with Crippen LogP contribution in [0, 0.1) is 0 Å². The first-order valence-corrected chi connectivity index (χ1v) is 5.72. The van der Waals surface area contributed by atoms with Gasteiger partial charge in [0.2, 0.25) is 0 Å². The van der Waals surface area contributed by atoms with Gasteiger partial charge in [-0.05, 0) is 31.3 Å². The zero-order chi connectivity index (χ0) is 13.3. The van der Waals surface area contributed by atoms with E-state index in [2.05, 4.69) is 10.6 Å². The maximum Gasteiger partial charge on any atom is 0.335 e. The molecule has 0 radical (unpaired) electrons. The van der Waals surface area contributed by atoms with Crippen LogP contribution in [0.2, 0.25) is 5.02 Å². The lowest BCUT2D eigenvalue weighted by atomic mass is 10.3. The van der Waals surface area contributed by atoms with Crippen molar-refractivity contribution < 1.29 is 9.59 Å². The molecule has 1 aliphatic rings. The van der Waals surface area contributed by atoms with E-state index in [0.29, 0.717) is 10.7 Å². The van der Waals surface area contributed by atoms with Gasteiger partial charge in [0.25, 0.3) is 0 Å². The predicted molar refractivity (Wildman–Crippen MR) is 68.5 cm³/mol. The third-order valence-corrected chi connectivity index (χ3v) is 2.95. The molecule has 1 aliphatic heterocycles. The standard InChI is InChI=1S/C11H13ClN4O2/c1-13-9-14-10(17)16(11(18)15(9)2)8-5-3-7(12)4-6-8/h3-6,9,13H,1-2H3,(H,14,17). The Morgan fingerprint density at radius 3 is 2.44 bits per heavy atom. The minimum absolute atomic E-state index is 0.402. The Labute approximate surface area is 109 Å². The topological polar surface area (TPSA) is 64.7 Å². The quantitative estimate of drug-likeness (QED) is 0.853. The molecule has 1 unspecified atom stereocenters. The van der Waals surface area contributed by atoms with Gasteiger partial charge in [0.05, 0.1) is 5.69 Å². The molecule has 96 valence electrons. The van der Waals surface area contributed by atoms with E-state index in [1.807, 2.05) is 0 Å². The smallest absolute Gasteiger partial charge is 0.304 e. The highest BCUT2D eigenvalue weighted by molar-refractivity contribution is 6.30. The second kappa shape index (κ2) is 4.83. The molecule has 2 N–H and O–H groups in total. The zero-order valence-corrected chi connectivity index (χ0v) is 10.7. The van der Waals surface area contributed by atoms with Crippen LogP contribution in [0.3, 0.4) is 0 Å². The van der Waals surface area contributed by atoms with Crippen molar-refractivity contribution in [2.45, 2.75) is 6.29 Å². The molecule has 0 saturated carbocycles. The Balaban J connectivity index is 2.30. The van der Waals surface area contributed by atoms with E-state index < -0.39 is 18.4 Å². The lowest BCUT2D eigenvalue weighted by Gasteiger charge is -2.38. The summed E-state index contributed by atoms with van der Waals surface area (Å²) in [6.45, 7) is 0. The van der Waals surface area contributed by atoms with E-state index in [4.69, 9.17) is 11.6 Å². The number of nitrogens with one attached hydrogen (secondary N) is 2. The van der Waals surface area contributed by atoms with Gasteiger partial charge in [-0.3, -0.25) is 10.2 Å². The maximum absolute atomic E-state index is 12.1. The van der Waals surface area contributed by atoms with Crippen molar-refractivity contribution in [1.82, 2.24) is 15.5 Å². The number of carbonyl (C=O) groups excluding carboxylic acids is 2. The van der Waals surface area contributed by atoms with E-state index in [9.17, 15) is 9.59 Å². The maximum atomic E-state index is 12.1. The molecule has 1 atom stereocenters. The first-order chi connectivity index (χ1) is 8.54. The van der Waals surface area contributed by atoms with Crippen LogP contribution in [0.4, 0.5) is 15.3 Å². The Hall–Kier alpha value is -1.79. The van der Waals surface area contributed by atoms with Crippen molar-refractivity contribution in [1.29, 1.82) is 0 Å². The average Bonchev–Trinajstić information content (AvgIpc) is 2.36. The summed E-state index contributed by atoms with van der Waals surface area (Å²) in [5, 5.41) is 6.02. The second-order valence-electron chi connectivity index (χ2n) is 3.85. The van der Waals surface area contributed by atoms with E-state index in [1.165, 1.54) is 4.90 Å². The van der Waals surface area contributed by atoms with Gasteiger partial charge >= 0.3 is 12.1 Å². The van der Waals surface area contributed by atoms with Gasteiger partial charge in [0.1, 0.15) is 0 Å². The van der Waals surface area contributed by atoms with Crippen molar-refractivity contribution in [2.24, 2.45) is 0 Å². The predicted octanol–water partition coefficient (Wildman–Crippen LogP) is 1.42. The van der Waals surface area contributed by atoms with Gasteiger partial charge in [-0.2, -0.15) is 0 Å². The number of anilines is 1. The SMILES string of the molecule is CNC1NC(=O)N(c2ccc(Cl)cc2)C(=O)N1C. The van der Waals surface area contributed by atoms with Crippen LogP contribution in [-0.4, -0.2) is 37.3 Å². The van der Waals surface area contributed by atoms with Crippen molar-refractivity contribution in [3.8, 4) is 0 Å². The molecule has 4 amide bonds. The molecule has 7 heteroatoms. The molecule has 2 rings (SSSR count). The second-order valence-corrected chi connectivity index (χ2v) is 4.28. The van der Waals surface area contributed by atoms with E-state index in [1.54, 1.807) is 38.4 Å². The van der Waals surface area contributed by atoms with Gasteiger partial charge in [-0.1, -0.05) is 11.6 Å². The van der Waals surface area contributed by atoms with Crippen molar-refractivity contribution in [3.05, 3.63) is 29.3 Å². The molecule has 1 fully saturated rings. The fourth-order valence-electron chi connectivity index (χ4n) is 1.72. The van der Waals surface area contributed by atoms with Crippen molar-refractivity contribution >= 4 is 29.4 Å². The van der Waals surface area contributed by atoms with Crippen LogP contribution in [-0.2, 0) is 0 Å². The fraction of sp³-hybridized carbons (Fsp3) is 0.273. The molecule has 0 spiro atoms. The number of hydrogen-bond donors (Lipinski definition) is 2. The largest absolute Gasteiger partial charge is 0.335 e. The highest BCUT2D eigenvalue weighted by Gasteiger charge is 2.36. The number of hydrogen-bond acceptors (Lipinski definition) is 3. The number of carbonyl (C=O) groups is 2.